The highest BCUT2D eigenvalue weighted by Crippen LogP contribution is 2.16. The van der Waals surface area contributed by atoms with E-state index >= 15 is 0 Å². The number of hydrogen-bond acceptors (Lipinski definition) is 4. The number of ether oxygens (including phenoxy) is 1. The SMILES string of the molecule is Cc1cc(NC(=O)[C@H]2CCCO2)nc(C(C)C)n1. The van der Waals surface area contributed by atoms with Crippen molar-refractivity contribution >= 4 is 11.7 Å². The van der Waals surface area contributed by atoms with Crippen LogP contribution in [0.3, 0.4) is 0 Å². The lowest BCUT2D eigenvalue weighted by molar-refractivity contribution is -0.124. The molecule has 1 N–H and O–H groups in total. The number of anilines is 1. The molecule has 0 aromatic carbocycles. The van der Waals surface area contributed by atoms with Crippen LogP contribution >= 0.6 is 0 Å². The Morgan fingerprint density at radius 2 is 2.28 bits per heavy atom. The van der Waals surface area contributed by atoms with E-state index in [4.69, 9.17) is 4.74 Å². The van der Waals surface area contributed by atoms with E-state index in [1.165, 1.54) is 0 Å². The van der Waals surface area contributed by atoms with Crippen molar-refractivity contribution in [3.8, 4) is 0 Å². The molecule has 1 atom stereocenters. The first kappa shape index (κ1) is 13.0. The van der Waals surface area contributed by atoms with E-state index in [0.29, 0.717) is 12.4 Å². The van der Waals surface area contributed by atoms with Gasteiger partial charge in [0.05, 0.1) is 0 Å². The van der Waals surface area contributed by atoms with Gasteiger partial charge in [0.2, 0.25) is 0 Å². The Bertz CT molecular complexity index is 440. The summed E-state index contributed by atoms with van der Waals surface area (Å²) in [6.07, 6.45) is 1.40. The molecule has 0 spiro atoms. The van der Waals surface area contributed by atoms with Gasteiger partial charge >= 0.3 is 0 Å². The van der Waals surface area contributed by atoms with Crippen molar-refractivity contribution in [2.45, 2.75) is 45.6 Å². The maximum absolute atomic E-state index is 11.9. The molecule has 1 amide bonds. The van der Waals surface area contributed by atoms with Gasteiger partial charge in [-0.1, -0.05) is 13.8 Å². The second kappa shape index (κ2) is 5.44. The molecule has 1 aliphatic rings. The quantitative estimate of drug-likeness (QED) is 0.890. The standard InChI is InChI=1S/C13H19N3O2/c1-8(2)12-14-9(3)7-11(15-12)16-13(17)10-5-4-6-18-10/h7-8,10H,4-6H2,1-3H3,(H,14,15,16,17)/t10-/m1/s1. The van der Waals surface area contributed by atoms with Crippen molar-refractivity contribution in [3.63, 3.8) is 0 Å². The van der Waals surface area contributed by atoms with Crippen LogP contribution in [0.1, 0.15) is 44.1 Å². The molecule has 98 valence electrons. The van der Waals surface area contributed by atoms with Gasteiger partial charge in [-0.2, -0.15) is 0 Å². The Labute approximate surface area is 107 Å². The molecule has 5 heteroatoms. The molecule has 1 fully saturated rings. The zero-order chi connectivity index (χ0) is 13.1. The molecule has 0 radical (unpaired) electrons. The van der Waals surface area contributed by atoms with Gasteiger partial charge in [-0.15, -0.1) is 0 Å². The van der Waals surface area contributed by atoms with Crippen LogP contribution in [-0.2, 0) is 9.53 Å². The number of aryl methyl sites for hydroxylation is 1. The summed E-state index contributed by atoms with van der Waals surface area (Å²) in [5, 5.41) is 2.80. The molecule has 1 aliphatic heterocycles. The van der Waals surface area contributed by atoms with E-state index < -0.39 is 0 Å². The minimum atomic E-state index is -0.331. The maximum Gasteiger partial charge on any atom is 0.254 e. The van der Waals surface area contributed by atoms with E-state index in [9.17, 15) is 4.79 Å². The Morgan fingerprint density at radius 1 is 1.50 bits per heavy atom. The fourth-order valence-electron chi connectivity index (χ4n) is 1.90. The Hall–Kier alpha value is -1.49. The predicted octanol–water partition coefficient (Wildman–Crippen LogP) is 2.03. The summed E-state index contributed by atoms with van der Waals surface area (Å²) in [6.45, 7) is 6.62. The summed E-state index contributed by atoms with van der Waals surface area (Å²) >= 11 is 0. The lowest BCUT2D eigenvalue weighted by Crippen LogP contribution is -2.27. The van der Waals surface area contributed by atoms with Gasteiger partial charge in [-0.05, 0) is 19.8 Å². The molecular formula is C13H19N3O2. The highest BCUT2D eigenvalue weighted by Gasteiger charge is 2.24. The van der Waals surface area contributed by atoms with Crippen molar-refractivity contribution in [1.82, 2.24) is 9.97 Å². The second-order valence-corrected chi connectivity index (χ2v) is 4.90. The summed E-state index contributed by atoms with van der Waals surface area (Å²) in [5.41, 5.74) is 0.858. The average molecular weight is 249 g/mol. The Kier molecular flexibility index (Phi) is 3.91. The third kappa shape index (κ3) is 3.04. The summed E-state index contributed by atoms with van der Waals surface area (Å²) in [4.78, 5) is 20.6. The van der Waals surface area contributed by atoms with E-state index in [2.05, 4.69) is 15.3 Å². The number of carbonyl (C=O) groups is 1. The van der Waals surface area contributed by atoms with Crippen LogP contribution in [0, 0.1) is 6.92 Å². The molecule has 0 bridgehead atoms. The first-order valence-electron chi connectivity index (χ1n) is 6.34. The summed E-state index contributed by atoms with van der Waals surface area (Å²) in [7, 11) is 0. The molecule has 2 heterocycles. The van der Waals surface area contributed by atoms with Crippen molar-refractivity contribution < 1.29 is 9.53 Å². The molecular weight excluding hydrogens is 230 g/mol. The smallest absolute Gasteiger partial charge is 0.254 e. The third-order valence-corrected chi connectivity index (χ3v) is 2.86. The molecule has 1 aromatic heterocycles. The fraction of sp³-hybridized carbons (Fsp3) is 0.615. The second-order valence-electron chi connectivity index (χ2n) is 4.90. The van der Waals surface area contributed by atoms with Crippen molar-refractivity contribution in [3.05, 3.63) is 17.6 Å². The van der Waals surface area contributed by atoms with Crippen LogP contribution in [-0.4, -0.2) is 28.6 Å². The fourth-order valence-corrected chi connectivity index (χ4v) is 1.90. The first-order chi connectivity index (χ1) is 8.56. The Morgan fingerprint density at radius 3 is 2.89 bits per heavy atom. The van der Waals surface area contributed by atoms with Gasteiger partial charge in [0.15, 0.2) is 0 Å². The third-order valence-electron chi connectivity index (χ3n) is 2.86. The number of hydrogen-bond donors (Lipinski definition) is 1. The van der Waals surface area contributed by atoms with E-state index in [-0.39, 0.29) is 17.9 Å². The van der Waals surface area contributed by atoms with Crippen molar-refractivity contribution in [2.75, 3.05) is 11.9 Å². The van der Waals surface area contributed by atoms with Gasteiger partial charge < -0.3 is 10.1 Å². The highest BCUT2D eigenvalue weighted by atomic mass is 16.5. The largest absolute Gasteiger partial charge is 0.368 e. The molecule has 1 aromatic rings. The van der Waals surface area contributed by atoms with Crippen LogP contribution < -0.4 is 5.32 Å². The summed E-state index contributed by atoms with van der Waals surface area (Å²) in [5.74, 6) is 1.44. The molecule has 2 rings (SSSR count). The molecule has 0 aliphatic carbocycles. The van der Waals surface area contributed by atoms with E-state index in [1.54, 1.807) is 6.07 Å². The minimum Gasteiger partial charge on any atom is -0.368 e. The van der Waals surface area contributed by atoms with Gasteiger partial charge in [0, 0.05) is 24.3 Å². The summed E-state index contributed by atoms with van der Waals surface area (Å²) in [6, 6.07) is 1.78. The van der Waals surface area contributed by atoms with Crippen molar-refractivity contribution in [2.24, 2.45) is 0 Å². The topological polar surface area (TPSA) is 64.1 Å². The monoisotopic (exact) mass is 249 g/mol. The zero-order valence-electron chi connectivity index (χ0n) is 11.1. The number of amides is 1. The molecule has 18 heavy (non-hydrogen) atoms. The number of nitrogens with one attached hydrogen (secondary N) is 1. The Balaban J connectivity index is 2.10. The normalized spacial score (nSPS) is 19.2. The van der Waals surface area contributed by atoms with E-state index in [1.807, 2.05) is 20.8 Å². The molecule has 5 nitrogen and oxygen atoms in total. The van der Waals surface area contributed by atoms with Gasteiger partial charge in [0.1, 0.15) is 17.7 Å². The highest BCUT2D eigenvalue weighted by molar-refractivity contribution is 5.93. The van der Waals surface area contributed by atoms with Crippen LogP contribution in [0.25, 0.3) is 0 Å². The lowest BCUT2D eigenvalue weighted by Gasteiger charge is -2.12. The van der Waals surface area contributed by atoms with Crippen LogP contribution in [0.2, 0.25) is 0 Å². The van der Waals surface area contributed by atoms with Gasteiger partial charge in [-0.25, -0.2) is 9.97 Å². The first-order valence-corrected chi connectivity index (χ1v) is 6.34. The molecule has 0 unspecified atom stereocenters. The minimum absolute atomic E-state index is 0.111. The maximum atomic E-state index is 11.9. The number of nitrogens with zero attached hydrogens (tertiary/aromatic N) is 2. The van der Waals surface area contributed by atoms with Crippen LogP contribution in [0.4, 0.5) is 5.82 Å². The average Bonchev–Trinajstić information content (AvgIpc) is 2.81. The molecule has 0 saturated carbocycles. The van der Waals surface area contributed by atoms with Gasteiger partial charge in [-0.3, -0.25) is 4.79 Å². The van der Waals surface area contributed by atoms with Crippen molar-refractivity contribution in [1.29, 1.82) is 0 Å². The van der Waals surface area contributed by atoms with Gasteiger partial charge in [0.25, 0.3) is 5.91 Å². The number of aromatic nitrogens is 2. The summed E-state index contributed by atoms with van der Waals surface area (Å²) < 4.78 is 5.34. The number of carbonyl (C=O) groups excluding carboxylic acids is 1. The van der Waals surface area contributed by atoms with Crippen LogP contribution in [0.15, 0.2) is 6.07 Å². The number of rotatable bonds is 3. The lowest BCUT2D eigenvalue weighted by atomic mass is 10.2. The zero-order valence-corrected chi connectivity index (χ0v) is 11.1. The van der Waals surface area contributed by atoms with Crippen LogP contribution in [0.5, 0.6) is 0 Å². The molecule has 1 saturated heterocycles. The van der Waals surface area contributed by atoms with E-state index in [0.717, 1.165) is 24.4 Å². The predicted molar refractivity (Wildman–Crippen MR) is 68.5 cm³/mol.